The second-order valence-electron chi connectivity index (χ2n) is 3.47. The van der Waals surface area contributed by atoms with E-state index in [1.54, 1.807) is 0 Å². The van der Waals surface area contributed by atoms with E-state index in [4.69, 9.17) is 11.5 Å². The van der Waals surface area contributed by atoms with Crippen LogP contribution in [0.25, 0.3) is 0 Å². The number of carbonyl (C=O) groups excluding carboxylic acids is 1. The summed E-state index contributed by atoms with van der Waals surface area (Å²) in [5.74, 6) is -1.46. The molecule has 6 nitrogen and oxygen atoms in total. The molecule has 2 rings (SSSR count). The van der Waals surface area contributed by atoms with Gasteiger partial charge >= 0.3 is 11.8 Å². The van der Waals surface area contributed by atoms with Crippen LogP contribution in [0.3, 0.4) is 0 Å². The Balaban J connectivity index is 2.31. The molecule has 0 bridgehead atoms. The van der Waals surface area contributed by atoms with Gasteiger partial charge in [-0.2, -0.15) is 4.98 Å². The lowest BCUT2D eigenvalue weighted by molar-refractivity contribution is 0.0958. The fourth-order valence-corrected chi connectivity index (χ4v) is 1.71. The molecule has 1 amide bonds. The average Bonchev–Trinajstić information content (AvgIpc) is 2.81. The first-order valence-corrected chi connectivity index (χ1v) is 5.62. The van der Waals surface area contributed by atoms with Crippen LogP contribution in [0.1, 0.15) is 28.1 Å². The third-order valence-corrected chi connectivity index (χ3v) is 2.84. The third kappa shape index (κ3) is 2.39. The molecule has 0 aliphatic heterocycles. The number of amides is 1. The molecule has 2 aromatic rings. The molecular weight excluding hydrogens is 307 g/mol. The van der Waals surface area contributed by atoms with Crippen molar-refractivity contribution >= 4 is 21.8 Å². The molecule has 8 heteroatoms. The number of hydrogen-bond donors (Lipinski definition) is 2. The molecule has 0 aliphatic rings. The lowest BCUT2D eigenvalue weighted by atomic mass is 10.1. The molecule has 0 radical (unpaired) electrons. The van der Waals surface area contributed by atoms with E-state index in [2.05, 4.69) is 30.6 Å². The Morgan fingerprint density at radius 2 is 2.22 bits per heavy atom. The maximum absolute atomic E-state index is 13.1. The highest BCUT2D eigenvalue weighted by atomic mass is 79.9. The maximum Gasteiger partial charge on any atom is 0.315 e. The number of benzene rings is 1. The minimum atomic E-state index is -0.832. The van der Waals surface area contributed by atoms with Gasteiger partial charge in [-0.15, -0.1) is 0 Å². The summed E-state index contributed by atoms with van der Waals surface area (Å²) in [6.07, 6.45) is 0. The first-order valence-electron chi connectivity index (χ1n) is 4.83. The molecule has 0 spiro atoms. The Morgan fingerprint density at radius 3 is 2.78 bits per heavy atom. The summed E-state index contributed by atoms with van der Waals surface area (Å²) in [5, 5.41) is 3.54. The van der Waals surface area contributed by atoms with Gasteiger partial charge in [0.2, 0.25) is 0 Å². The molecule has 1 unspecified atom stereocenters. The second kappa shape index (κ2) is 4.83. The van der Waals surface area contributed by atoms with E-state index in [1.807, 2.05) is 0 Å². The van der Waals surface area contributed by atoms with E-state index in [0.717, 1.165) is 0 Å². The quantitative estimate of drug-likeness (QED) is 0.882. The molecule has 1 atom stereocenters. The largest absolute Gasteiger partial charge is 0.361 e. The number of nitrogens with zero attached hydrogens (tertiary/aromatic N) is 2. The van der Waals surface area contributed by atoms with Crippen molar-refractivity contribution in [3.8, 4) is 0 Å². The number of primary amides is 1. The van der Waals surface area contributed by atoms with Gasteiger partial charge in [-0.25, -0.2) is 4.39 Å². The Bertz CT molecular complexity index is 601. The Hall–Kier alpha value is -1.80. The number of aromatic nitrogens is 2. The van der Waals surface area contributed by atoms with Gasteiger partial charge in [0.25, 0.3) is 0 Å². The third-order valence-electron chi connectivity index (χ3n) is 2.23. The summed E-state index contributed by atoms with van der Waals surface area (Å²) in [6, 6.07) is 3.51. The summed E-state index contributed by atoms with van der Waals surface area (Å²) >= 11 is 3.05. The van der Waals surface area contributed by atoms with Gasteiger partial charge in [0.15, 0.2) is 5.82 Å². The summed E-state index contributed by atoms with van der Waals surface area (Å²) in [6.45, 7) is 0. The van der Waals surface area contributed by atoms with Crippen LogP contribution in [0.5, 0.6) is 0 Å². The summed E-state index contributed by atoms with van der Waals surface area (Å²) < 4.78 is 18.0. The van der Waals surface area contributed by atoms with Crippen molar-refractivity contribution < 1.29 is 13.7 Å². The molecule has 18 heavy (non-hydrogen) atoms. The number of hydrogen-bond acceptors (Lipinski definition) is 5. The van der Waals surface area contributed by atoms with Gasteiger partial charge in [-0.1, -0.05) is 11.2 Å². The van der Waals surface area contributed by atoms with E-state index in [1.165, 1.54) is 18.2 Å². The Kier molecular flexibility index (Phi) is 3.39. The van der Waals surface area contributed by atoms with Crippen molar-refractivity contribution in [2.24, 2.45) is 11.5 Å². The summed E-state index contributed by atoms with van der Waals surface area (Å²) in [4.78, 5) is 14.6. The molecular formula is C10H8BrFN4O2. The zero-order valence-corrected chi connectivity index (χ0v) is 10.5. The average molecular weight is 315 g/mol. The highest BCUT2D eigenvalue weighted by Gasteiger charge is 2.19. The molecule has 1 heterocycles. The first kappa shape index (κ1) is 12.7. The normalized spacial score (nSPS) is 12.4. The van der Waals surface area contributed by atoms with E-state index < -0.39 is 17.8 Å². The SMILES string of the molecule is NC(=O)c1nc(C(N)c2ccc(F)c(Br)c2)no1. The molecule has 1 aromatic heterocycles. The highest BCUT2D eigenvalue weighted by Crippen LogP contribution is 2.23. The summed E-state index contributed by atoms with van der Waals surface area (Å²) in [5.41, 5.74) is 11.4. The second-order valence-corrected chi connectivity index (χ2v) is 4.33. The molecule has 0 aliphatic carbocycles. The minimum Gasteiger partial charge on any atom is -0.361 e. The van der Waals surface area contributed by atoms with Crippen LogP contribution in [0, 0.1) is 5.82 Å². The summed E-state index contributed by atoms with van der Waals surface area (Å²) in [7, 11) is 0. The van der Waals surface area contributed by atoms with Crippen LogP contribution in [-0.2, 0) is 0 Å². The van der Waals surface area contributed by atoms with Crippen LogP contribution in [-0.4, -0.2) is 16.0 Å². The predicted molar refractivity (Wildman–Crippen MR) is 62.9 cm³/mol. The number of halogens is 2. The fraction of sp³-hybridized carbons (Fsp3) is 0.100. The topological polar surface area (TPSA) is 108 Å². The Labute approximate surface area is 109 Å². The van der Waals surface area contributed by atoms with Crippen LogP contribution in [0.15, 0.2) is 27.2 Å². The molecule has 0 saturated heterocycles. The molecule has 94 valence electrons. The number of nitrogens with two attached hydrogens (primary N) is 2. The van der Waals surface area contributed by atoms with Crippen molar-refractivity contribution in [3.63, 3.8) is 0 Å². The Morgan fingerprint density at radius 1 is 1.50 bits per heavy atom. The smallest absolute Gasteiger partial charge is 0.315 e. The lowest BCUT2D eigenvalue weighted by Gasteiger charge is -2.07. The van der Waals surface area contributed by atoms with Crippen molar-refractivity contribution in [1.82, 2.24) is 10.1 Å². The monoisotopic (exact) mass is 314 g/mol. The fourth-order valence-electron chi connectivity index (χ4n) is 1.32. The molecule has 0 saturated carbocycles. The molecule has 0 fully saturated rings. The molecule has 1 aromatic carbocycles. The van der Waals surface area contributed by atoms with Crippen molar-refractivity contribution in [2.75, 3.05) is 0 Å². The van der Waals surface area contributed by atoms with Gasteiger partial charge in [-0.3, -0.25) is 4.79 Å². The maximum atomic E-state index is 13.1. The van der Waals surface area contributed by atoms with E-state index >= 15 is 0 Å². The predicted octanol–water partition coefficient (Wildman–Crippen LogP) is 1.12. The van der Waals surface area contributed by atoms with E-state index in [0.29, 0.717) is 5.56 Å². The van der Waals surface area contributed by atoms with Gasteiger partial charge in [0, 0.05) is 0 Å². The first-order chi connectivity index (χ1) is 8.49. The van der Waals surface area contributed by atoms with Gasteiger partial charge in [0.05, 0.1) is 10.5 Å². The van der Waals surface area contributed by atoms with Crippen LogP contribution in [0.2, 0.25) is 0 Å². The van der Waals surface area contributed by atoms with E-state index in [9.17, 15) is 9.18 Å². The van der Waals surface area contributed by atoms with Crippen molar-refractivity contribution in [1.29, 1.82) is 0 Å². The minimum absolute atomic E-state index is 0.0994. The zero-order valence-electron chi connectivity index (χ0n) is 8.93. The van der Waals surface area contributed by atoms with Gasteiger partial charge < -0.3 is 16.0 Å². The zero-order chi connectivity index (χ0) is 13.3. The number of rotatable bonds is 3. The van der Waals surface area contributed by atoms with Crippen molar-refractivity contribution in [3.05, 3.63) is 45.8 Å². The van der Waals surface area contributed by atoms with Crippen LogP contribution >= 0.6 is 15.9 Å². The van der Waals surface area contributed by atoms with Gasteiger partial charge in [-0.05, 0) is 33.6 Å². The van der Waals surface area contributed by atoms with Gasteiger partial charge in [0.1, 0.15) is 5.82 Å². The van der Waals surface area contributed by atoms with Crippen LogP contribution < -0.4 is 11.5 Å². The van der Waals surface area contributed by atoms with E-state index in [-0.39, 0.29) is 16.2 Å². The standard InChI is InChI=1S/C10H8BrFN4O2/c11-5-3-4(1-2-6(5)12)7(13)9-15-10(8(14)17)18-16-9/h1-3,7H,13H2,(H2,14,17). The van der Waals surface area contributed by atoms with Crippen LogP contribution in [0.4, 0.5) is 4.39 Å². The lowest BCUT2D eigenvalue weighted by Crippen LogP contribution is -2.15. The van der Waals surface area contributed by atoms with Crippen molar-refractivity contribution in [2.45, 2.75) is 6.04 Å². The molecule has 4 N–H and O–H groups in total. The number of carbonyl (C=O) groups is 1. The highest BCUT2D eigenvalue weighted by molar-refractivity contribution is 9.10.